The second-order valence-corrected chi connectivity index (χ2v) is 6.08. The Morgan fingerprint density at radius 1 is 1.19 bits per heavy atom. The van der Waals surface area contributed by atoms with Gasteiger partial charge in [0.25, 0.3) is 0 Å². The van der Waals surface area contributed by atoms with Crippen LogP contribution in [0.2, 0.25) is 0 Å². The van der Waals surface area contributed by atoms with E-state index in [1.54, 1.807) is 24.3 Å². The van der Waals surface area contributed by atoms with Crippen LogP contribution in [0.5, 0.6) is 0 Å². The number of rotatable bonds is 5. The van der Waals surface area contributed by atoms with Crippen LogP contribution in [0.25, 0.3) is 0 Å². The van der Waals surface area contributed by atoms with Crippen LogP contribution in [0.3, 0.4) is 0 Å². The summed E-state index contributed by atoms with van der Waals surface area (Å²) in [5.41, 5.74) is 7.65. The normalized spacial score (nSPS) is 12.1. The molecule has 1 aromatic heterocycles. The zero-order valence-electron chi connectivity index (χ0n) is 10.9. The first-order chi connectivity index (χ1) is 9.99. The number of furan rings is 1. The Kier molecular flexibility index (Phi) is 4.39. The van der Waals surface area contributed by atoms with Gasteiger partial charge in [0.05, 0.1) is 11.2 Å². The van der Waals surface area contributed by atoms with Gasteiger partial charge in [0, 0.05) is 0 Å². The highest BCUT2D eigenvalue weighted by molar-refractivity contribution is 7.92. The van der Waals surface area contributed by atoms with E-state index in [9.17, 15) is 13.2 Å². The number of nitrogens with two attached hydrogens (primary N) is 1. The fourth-order valence-corrected chi connectivity index (χ4v) is 2.72. The number of amides is 1. The molecule has 0 unspecified atom stereocenters. The van der Waals surface area contributed by atoms with Gasteiger partial charge in [-0.15, -0.1) is 0 Å². The lowest BCUT2D eigenvalue weighted by Crippen LogP contribution is -2.28. The molecule has 2 rings (SSSR count). The summed E-state index contributed by atoms with van der Waals surface area (Å²) in [4.78, 5) is 11.7. The van der Waals surface area contributed by atoms with Crippen LogP contribution in [0.4, 0.5) is 0 Å². The first-order valence-electron chi connectivity index (χ1n) is 5.93. The smallest absolute Gasteiger partial charge is 0.307 e. The summed E-state index contributed by atoms with van der Waals surface area (Å²) in [6.45, 7) is 0. The van der Waals surface area contributed by atoms with E-state index in [0.29, 0.717) is 0 Å². The molecule has 110 valence electrons. The third kappa shape index (κ3) is 3.93. The summed E-state index contributed by atoms with van der Waals surface area (Å²) in [6.07, 6.45) is 1.34. The standard InChI is InChI=1S/C13H13N3O4S/c14-12(15-16-13(17)11-7-4-8-20-11)9-21(18,19)10-5-2-1-3-6-10/h1-8H,9H2,(H2,14,15)(H,16,17). The van der Waals surface area contributed by atoms with E-state index < -0.39 is 21.5 Å². The number of hydrogen-bond donors (Lipinski definition) is 2. The molecule has 0 aliphatic carbocycles. The molecule has 0 aliphatic heterocycles. The van der Waals surface area contributed by atoms with E-state index in [2.05, 4.69) is 10.5 Å². The topological polar surface area (TPSA) is 115 Å². The molecular formula is C13H13N3O4S. The molecule has 3 N–H and O–H groups in total. The largest absolute Gasteiger partial charge is 0.459 e. The van der Waals surface area contributed by atoms with Crippen molar-refractivity contribution in [3.8, 4) is 0 Å². The quantitative estimate of drug-likeness (QED) is 0.480. The SMILES string of the molecule is NC(CS(=O)(=O)c1ccccc1)=NNC(=O)c1ccco1. The summed E-state index contributed by atoms with van der Waals surface area (Å²) in [7, 11) is -3.59. The fourth-order valence-electron chi connectivity index (χ4n) is 1.52. The number of carbonyl (C=O) groups is 1. The van der Waals surface area contributed by atoms with Crippen molar-refractivity contribution >= 4 is 21.6 Å². The van der Waals surface area contributed by atoms with Gasteiger partial charge in [-0.3, -0.25) is 4.79 Å². The number of hydrogen-bond acceptors (Lipinski definition) is 5. The predicted octanol–water partition coefficient (Wildman–Crippen LogP) is 0.755. The number of benzene rings is 1. The molecule has 0 saturated heterocycles. The molecule has 7 nitrogen and oxygen atoms in total. The van der Waals surface area contributed by atoms with Gasteiger partial charge < -0.3 is 10.2 Å². The van der Waals surface area contributed by atoms with E-state index in [1.165, 1.54) is 24.5 Å². The average molecular weight is 307 g/mol. The van der Waals surface area contributed by atoms with Crippen LogP contribution in [0.15, 0.2) is 63.1 Å². The number of nitrogens with one attached hydrogen (secondary N) is 1. The number of carbonyl (C=O) groups excluding carboxylic acids is 1. The van der Waals surface area contributed by atoms with Gasteiger partial charge in [-0.05, 0) is 24.3 Å². The molecule has 1 heterocycles. The third-order valence-corrected chi connectivity index (χ3v) is 4.15. The maximum Gasteiger partial charge on any atom is 0.307 e. The molecule has 2 aromatic rings. The fraction of sp³-hybridized carbons (Fsp3) is 0.0769. The van der Waals surface area contributed by atoms with E-state index in [4.69, 9.17) is 10.2 Å². The third-order valence-electron chi connectivity index (χ3n) is 2.49. The van der Waals surface area contributed by atoms with E-state index in [0.717, 1.165) is 0 Å². The summed E-state index contributed by atoms with van der Waals surface area (Å²) < 4.78 is 28.9. The lowest BCUT2D eigenvalue weighted by Gasteiger charge is -2.04. The van der Waals surface area contributed by atoms with Crippen molar-refractivity contribution in [1.29, 1.82) is 0 Å². The van der Waals surface area contributed by atoms with Crippen molar-refractivity contribution in [3.05, 3.63) is 54.5 Å². The molecule has 0 saturated carbocycles. The first-order valence-corrected chi connectivity index (χ1v) is 7.58. The molecule has 8 heteroatoms. The Morgan fingerprint density at radius 3 is 2.52 bits per heavy atom. The minimum atomic E-state index is -3.59. The highest BCUT2D eigenvalue weighted by Crippen LogP contribution is 2.09. The minimum Gasteiger partial charge on any atom is -0.459 e. The first kappa shape index (κ1) is 14.8. The molecule has 21 heavy (non-hydrogen) atoms. The summed E-state index contributed by atoms with van der Waals surface area (Å²) in [5.74, 6) is -1.27. The highest BCUT2D eigenvalue weighted by atomic mass is 32.2. The molecule has 0 atom stereocenters. The van der Waals surface area contributed by atoms with Crippen LogP contribution < -0.4 is 11.2 Å². The molecule has 0 fully saturated rings. The molecule has 0 bridgehead atoms. The maximum atomic E-state index is 12.0. The molecule has 0 spiro atoms. The monoisotopic (exact) mass is 307 g/mol. The zero-order chi connectivity index (χ0) is 15.3. The van der Waals surface area contributed by atoms with Crippen molar-refractivity contribution in [2.24, 2.45) is 10.8 Å². The Hall–Kier alpha value is -2.61. The Bertz CT molecular complexity index is 737. The minimum absolute atomic E-state index is 0.0532. The number of nitrogens with zero attached hydrogens (tertiary/aromatic N) is 1. The van der Waals surface area contributed by atoms with Crippen LogP contribution in [-0.4, -0.2) is 25.9 Å². The van der Waals surface area contributed by atoms with Crippen LogP contribution in [-0.2, 0) is 9.84 Å². The number of hydrazone groups is 1. The van der Waals surface area contributed by atoms with Crippen molar-refractivity contribution in [1.82, 2.24) is 5.43 Å². The highest BCUT2D eigenvalue weighted by Gasteiger charge is 2.16. The van der Waals surface area contributed by atoms with Crippen molar-refractivity contribution < 1.29 is 17.6 Å². The summed E-state index contributed by atoms with van der Waals surface area (Å²) >= 11 is 0. The lowest BCUT2D eigenvalue weighted by atomic mass is 10.4. The van der Waals surface area contributed by atoms with Gasteiger partial charge in [0.2, 0.25) is 0 Å². The Labute approximate surface area is 121 Å². The van der Waals surface area contributed by atoms with Gasteiger partial charge >= 0.3 is 5.91 Å². The molecule has 1 aromatic carbocycles. The van der Waals surface area contributed by atoms with Crippen LogP contribution >= 0.6 is 0 Å². The Morgan fingerprint density at radius 2 is 1.90 bits per heavy atom. The van der Waals surface area contributed by atoms with Crippen LogP contribution in [0.1, 0.15) is 10.6 Å². The molecule has 1 amide bonds. The van der Waals surface area contributed by atoms with Gasteiger partial charge in [-0.2, -0.15) is 5.10 Å². The van der Waals surface area contributed by atoms with E-state index in [1.807, 2.05) is 0 Å². The van der Waals surface area contributed by atoms with Gasteiger partial charge in [-0.1, -0.05) is 18.2 Å². The zero-order valence-corrected chi connectivity index (χ0v) is 11.7. The van der Waals surface area contributed by atoms with Crippen LogP contribution in [0, 0.1) is 0 Å². The maximum absolute atomic E-state index is 12.0. The van der Waals surface area contributed by atoms with Crippen molar-refractivity contribution in [3.63, 3.8) is 0 Å². The predicted molar refractivity (Wildman–Crippen MR) is 76.3 cm³/mol. The number of amidine groups is 1. The van der Waals surface area contributed by atoms with Gasteiger partial charge in [-0.25, -0.2) is 13.8 Å². The summed E-state index contributed by atoms with van der Waals surface area (Å²) in [6, 6.07) is 10.8. The second-order valence-electron chi connectivity index (χ2n) is 4.09. The van der Waals surface area contributed by atoms with Gasteiger partial charge in [0.15, 0.2) is 15.6 Å². The van der Waals surface area contributed by atoms with Crippen molar-refractivity contribution in [2.75, 3.05) is 5.75 Å². The Balaban J connectivity index is 2.02. The molecule has 0 aliphatic rings. The van der Waals surface area contributed by atoms with Crippen molar-refractivity contribution in [2.45, 2.75) is 4.90 Å². The van der Waals surface area contributed by atoms with E-state index in [-0.39, 0.29) is 16.5 Å². The van der Waals surface area contributed by atoms with E-state index >= 15 is 0 Å². The lowest BCUT2D eigenvalue weighted by molar-refractivity contribution is 0.0927. The van der Waals surface area contributed by atoms with Gasteiger partial charge in [0.1, 0.15) is 11.6 Å². The number of sulfone groups is 1. The second kappa shape index (κ2) is 6.23. The molecular weight excluding hydrogens is 294 g/mol. The average Bonchev–Trinajstić information content (AvgIpc) is 2.99. The molecule has 0 radical (unpaired) electrons. The summed E-state index contributed by atoms with van der Waals surface area (Å²) in [5, 5.41) is 3.55.